The topological polar surface area (TPSA) is 230 Å². The largest absolute Gasteiger partial charge is 0.507 e. The van der Waals surface area contributed by atoms with Crippen LogP contribution in [0.4, 0.5) is 15.3 Å². The van der Waals surface area contributed by atoms with E-state index in [1.165, 1.54) is 0 Å². The summed E-state index contributed by atoms with van der Waals surface area (Å²) in [4.78, 5) is 68.0. The van der Waals surface area contributed by atoms with Gasteiger partial charge in [-0.25, -0.2) is 19.2 Å². The third-order valence-corrected chi connectivity index (χ3v) is 10.9. The molecule has 2 aromatic rings. The van der Waals surface area contributed by atoms with Crippen LogP contribution in [0.25, 0.3) is 0 Å². The minimum Gasteiger partial charge on any atom is -0.507 e. The molecule has 4 heterocycles. The number of morpholine rings is 1. The van der Waals surface area contributed by atoms with Gasteiger partial charge < -0.3 is 55.0 Å². The number of anilines is 1. The number of hydrogen-bond donors (Lipinski definition) is 6. The number of rotatable bonds is 9. The lowest BCUT2D eigenvalue weighted by atomic mass is 9.99. The molecule has 0 aromatic heterocycles. The van der Waals surface area contributed by atoms with Crippen molar-refractivity contribution in [3.63, 3.8) is 0 Å². The zero-order valence-electron chi connectivity index (χ0n) is 31.8. The fraction of sp³-hybridized carbons (Fsp3) is 0.564. The number of ether oxygens (including phenoxy) is 2. The average Bonchev–Trinajstić information content (AvgIpc) is 3.37. The van der Waals surface area contributed by atoms with Crippen LogP contribution in [0, 0.1) is 13.8 Å². The van der Waals surface area contributed by atoms with E-state index in [4.69, 9.17) is 29.9 Å². The van der Waals surface area contributed by atoms with Crippen molar-refractivity contribution in [3.8, 4) is 5.75 Å². The van der Waals surface area contributed by atoms with E-state index >= 15 is 0 Å². The molecule has 3 atom stereocenters. The van der Waals surface area contributed by atoms with Gasteiger partial charge >= 0.3 is 24.1 Å². The summed E-state index contributed by atoms with van der Waals surface area (Å²) < 4.78 is 11.6. The number of carbonyl (C=O) groups excluding carboxylic acids is 3. The highest BCUT2D eigenvalue weighted by atomic mass is 16.6. The highest BCUT2D eigenvalue weighted by Crippen LogP contribution is 2.27. The van der Waals surface area contributed by atoms with Crippen molar-refractivity contribution in [3.05, 3.63) is 58.7 Å². The van der Waals surface area contributed by atoms with Crippen LogP contribution in [-0.4, -0.2) is 165 Å². The Hall–Kier alpha value is -4.97. The van der Waals surface area contributed by atoms with Crippen LogP contribution < -0.4 is 5.32 Å². The lowest BCUT2D eigenvalue weighted by Gasteiger charge is -2.41. The number of urea groups is 1. The number of fused-ring (bicyclic) bond motifs is 1. The first-order valence-corrected chi connectivity index (χ1v) is 19.1. The number of nitrogens with one attached hydrogen (secondary N) is 1. The van der Waals surface area contributed by atoms with Gasteiger partial charge in [0.15, 0.2) is 18.3 Å². The van der Waals surface area contributed by atoms with E-state index in [0.29, 0.717) is 51.6 Å². The van der Waals surface area contributed by atoms with E-state index in [0.717, 1.165) is 73.5 Å². The summed E-state index contributed by atoms with van der Waals surface area (Å²) in [6.45, 7) is 9.77. The Kier molecular flexibility index (Phi) is 14.5. The summed E-state index contributed by atoms with van der Waals surface area (Å²) >= 11 is 0. The zero-order chi connectivity index (χ0) is 40.5. The minimum atomic E-state index is -2.27. The van der Waals surface area contributed by atoms with Gasteiger partial charge in [-0.3, -0.25) is 9.69 Å². The highest BCUT2D eigenvalue weighted by Gasteiger charge is 2.36. The summed E-state index contributed by atoms with van der Waals surface area (Å²) in [5.41, 5.74) is 4.27. The Bertz CT molecular complexity index is 1680. The summed E-state index contributed by atoms with van der Waals surface area (Å²) in [5.74, 6) is -3.48. The van der Waals surface area contributed by atoms with E-state index in [9.17, 15) is 29.1 Å². The molecular weight excluding hydrogens is 730 g/mol. The number of carboxylic acid groups (broad SMARTS) is 2. The van der Waals surface area contributed by atoms with Gasteiger partial charge in [0.25, 0.3) is 5.91 Å². The van der Waals surface area contributed by atoms with Crippen LogP contribution in [0.3, 0.4) is 0 Å². The predicted octanol–water partition coefficient (Wildman–Crippen LogP) is 1.81. The smallest absolute Gasteiger partial charge is 0.410 e. The monoisotopic (exact) mass is 783 g/mol. The number of likely N-dealkylation sites (tertiary alicyclic amines) is 2. The Balaban J connectivity index is 0.000000530. The molecule has 0 radical (unpaired) electrons. The quantitative estimate of drug-likeness (QED) is 0.214. The van der Waals surface area contributed by atoms with Gasteiger partial charge in [0.05, 0.1) is 13.2 Å². The number of amides is 4. The zero-order valence-corrected chi connectivity index (χ0v) is 31.8. The molecule has 17 heteroatoms. The number of phenolic OH excluding ortho intramolecular Hbond substituents is 1. The first kappa shape index (κ1) is 42.2. The minimum absolute atomic E-state index is 0.0199. The number of phenols is 1. The van der Waals surface area contributed by atoms with Crippen molar-refractivity contribution in [2.24, 2.45) is 0 Å². The number of aromatic hydroxyl groups is 1. The summed E-state index contributed by atoms with van der Waals surface area (Å²) in [6, 6.07) is 11.9. The first-order valence-electron chi connectivity index (χ1n) is 19.1. The second kappa shape index (κ2) is 19.3. The number of benzene rings is 2. The van der Waals surface area contributed by atoms with E-state index in [1.54, 1.807) is 4.90 Å². The fourth-order valence-corrected chi connectivity index (χ4v) is 7.72. The maximum Gasteiger partial charge on any atom is 0.410 e. The van der Waals surface area contributed by atoms with Gasteiger partial charge in [0, 0.05) is 70.0 Å². The molecule has 0 unspecified atom stereocenters. The normalized spacial score (nSPS) is 20.0. The second-order valence-electron chi connectivity index (χ2n) is 14.7. The summed E-state index contributed by atoms with van der Waals surface area (Å²) in [5, 5.41) is 45.9. The van der Waals surface area contributed by atoms with E-state index in [-0.39, 0.29) is 30.2 Å². The number of carbonyl (C=O) groups is 5. The van der Waals surface area contributed by atoms with Crippen LogP contribution in [0.5, 0.6) is 5.75 Å². The lowest BCUT2D eigenvalue weighted by Crippen LogP contribution is -2.53. The molecule has 56 heavy (non-hydrogen) atoms. The molecule has 2 aromatic carbocycles. The van der Waals surface area contributed by atoms with Crippen molar-refractivity contribution >= 4 is 35.7 Å². The number of aliphatic hydroxyl groups excluding tert-OH is 2. The first-order chi connectivity index (χ1) is 26.7. The molecule has 0 saturated carbocycles. The Morgan fingerprint density at radius 2 is 1.38 bits per heavy atom. The molecule has 4 aliphatic heterocycles. The van der Waals surface area contributed by atoms with Crippen LogP contribution in [0.15, 0.2) is 36.4 Å². The van der Waals surface area contributed by atoms with E-state index < -0.39 is 36.3 Å². The predicted molar refractivity (Wildman–Crippen MR) is 201 cm³/mol. The SMILES string of the molecule is Cc1cc(C[C@@H](OC(=O)N2CCC(N3CCc4ccccc4NC3=O)CC2)C(=O)N2CCC(N3CCOCC3)CC2)cc(C)c1O.O=C(O)[C@H](O)[C@@H](O)C(=O)O. The van der Waals surface area contributed by atoms with Crippen molar-refractivity contribution in [2.75, 3.05) is 64.3 Å². The maximum absolute atomic E-state index is 14.0. The molecule has 6 N–H and O–H groups in total. The molecule has 306 valence electrons. The Labute approximate surface area is 325 Å². The second-order valence-corrected chi connectivity index (χ2v) is 14.7. The molecule has 0 bridgehead atoms. The number of para-hydroxylation sites is 1. The third-order valence-electron chi connectivity index (χ3n) is 10.9. The van der Waals surface area contributed by atoms with Crippen LogP contribution in [0.1, 0.15) is 47.9 Å². The van der Waals surface area contributed by atoms with Crippen LogP contribution in [0.2, 0.25) is 0 Å². The van der Waals surface area contributed by atoms with Crippen molar-refractivity contribution in [2.45, 2.75) is 82.8 Å². The number of piperidine rings is 2. The molecule has 0 aliphatic carbocycles. The Morgan fingerprint density at radius 1 is 0.821 bits per heavy atom. The van der Waals surface area contributed by atoms with Gasteiger partial charge in [-0.05, 0) is 74.3 Å². The van der Waals surface area contributed by atoms with Gasteiger partial charge in [0.1, 0.15) is 5.75 Å². The number of hydrogen-bond acceptors (Lipinski definition) is 11. The highest BCUT2D eigenvalue weighted by molar-refractivity contribution is 5.91. The summed E-state index contributed by atoms with van der Waals surface area (Å²) in [7, 11) is 0. The molecule has 0 spiro atoms. The van der Waals surface area contributed by atoms with Crippen molar-refractivity contribution in [1.29, 1.82) is 0 Å². The third kappa shape index (κ3) is 10.7. The number of carboxylic acids is 2. The number of aliphatic carboxylic acids is 2. The van der Waals surface area contributed by atoms with Gasteiger partial charge in [-0.2, -0.15) is 0 Å². The van der Waals surface area contributed by atoms with E-state index in [1.807, 2.05) is 60.0 Å². The molecule has 3 saturated heterocycles. The molecule has 6 rings (SSSR count). The average molecular weight is 784 g/mol. The van der Waals surface area contributed by atoms with Crippen LogP contribution >= 0.6 is 0 Å². The summed E-state index contributed by atoms with van der Waals surface area (Å²) in [6.07, 6.45) is -1.94. The van der Waals surface area contributed by atoms with Crippen molar-refractivity contribution < 1.29 is 59.0 Å². The molecule has 4 amide bonds. The number of aryl methyl sites for hydroxylation is 2. The fourth-order valence-electron chi connectivity index (χ4n) is 7.72. The van der Waals surface area contributed by atoms with Gasteiger partial charge in [-0.1, -0.05) is 30.3 Å². The molecule has 3 fully saturated rings. The van der Waals surface area contributed by atoms with Gasteiger partial charge in [-0.15, -0.1) is 0 Å². The van der Waals surface area contributed by atoms with Crippen molar-refractivity contribution in [1.82, 2.24) is 19.6 Å². The molecule has 4 aliphatic rings. The maximum atomic E-state index is 14.0. The van der Waals surface area contributed by atoms with Crippen LogP contribution in [-0.2, 0) is 36.7 Å². The lowest BCUT2D eigenvalue weighted by molar-refractivity contribution is -0.165. The standard InChI is InChI=1S/C35H47N5O6.C4H6O6/c1-24-21-26(22-25(2)32(24)41)23-31(33(42)38-12-8-28(9-13-38)37-17-19-45-20-18-37)46-35(44)39-14-10-29(11-15-39)40-16-7-27-5-3-4-6-30(27)36-34(40)43;5-1(3(7)8)2(6)4(9)10/h3-6,21-22,28-29,31,41H,7-20,23H2,1-2H3,(H,36,43);1-2,5-6H,(H,7,8)(H,9,10)/t31-;1-,2-/m11/s1. The Morgan fingerprint density at radius 3 is 1.96 bits per heavy atom. The number of nitrogens with zero attached hydrogens (tertiary/aromatic N) is 4. The number of aliphatic hydroxyl groups is 2. The van der Waals surface area contributed by atoms with E-state index in [2.05, 4.69) is 10.2 Å². The molecular formula is C39H53N5O12. The molecule has 17 nitrogen and oxygen atoms in total. The van der Waals surface area contributed by atoms with Gasteiger partial charge in [0.2, 0.25) is 0 Å².